The maximum absolute atomic E-state index is 11.9. The van der Waals surface area contributed by atoms with Gasteiger partial charge in [-0.05, 0) is 39.2 Å². The fourth-order valence-electron chi connectivity index (χ4n) is 2.78. The third-order valence-corrected chi connectivity index (χ3v) is 4.09. The molecule has 0 spiro atoms. The van der Waals surface area contributed by atoms with E-state index in [9.17, 15) is 9.59 Å². The summed E-state index contributed by atoms with van der Waals surface area (Å²) in [6.07, 6.45) is 5.12. The van der Waals surface area contributed by atoms with Crippen molar-refractivity contribution in [3.63, 3.8) is 0 Å². The van der Waals surface area contributed by atoms with Crippen LogP contribution in [0.2, 0.25) is 0 Å². The summed E-state index contributed by atoms with van der Waals surface area (Å²) < 4.78 is 1.78. The zero-order valence-corrected chi connectivity index (χ0v) is 12.6. The molecule has 1 aromatic rings. The van der Waals surface area contributed by atoms with Crippen LogP contribution in [0.15, 0.2) is 6.08 Å². The molecule has 0 saturated heterocycles. The molecule has 0 aromatic carbocycles. The highest BCUT2D eigenvalue weighted by Crippen LogP contribution is 2.25. The summed E-state index contributed by atoms with van der Waals surface area (Å²) in [5.41, 5.74) is 2.83. The first kappa shape index (κ1) is 15.3. The van der Waals surface area contributed by atoms with Gasteiger partial charge in [0.2, 0.25) is 5.91 Å². The topological polar surface area (TPSA) is 84.2 Å². The molecule has 6 heteroatoms. The Labute approximate surface area is 123 Å². The smallest absolute Gasteiger partial charge is 0.306 e. The maximum atomic E-state index is 11.9. The second-order valence-electron chi connectivity index (χ2n) is 5.60. The molecule has 1 heterocycles. The van der Waals surface area contributed by atoms with E-state index in [0.717, 1.165) is 23.4 Å². The second kappa shape index (κ2) is 6.11. The van der Waals surface area contributed by atoms with Gasteiger partial charge in [0, 0.05) is 30.4 Å². The van der Waals surface area contributed by atoms with Crippen molar-refractivity contribution in [3.05, 3.63) is 23.0 Å². The van der Waals surface area contributed by atoms with Crippen molar-refractivity contribution in [2.45, 2.75) is 39.2 Å². The number of aryl methyl sites for hydroxylation is 2. The van der Waals surface area contributed by atoms with E-state index >= 15 is 0 Å². The third kappa shape index (κ3) is 3.51. The third-order valence-electron chi connectivity index (χ3n) is 4.09. The van der Waals surface area contributed by atoms with Crippen LogP contribution in [0.1, 0.15) is 36.2 Å². The van der Waals surface area contributed by atoms with Gasteiger partial charge in [-0.1, -0.05) is 0 Å². The lowest BCUT2D eigenvalue weighted by atomic mass is 10.1. The highest BCUT2D eigenvalue weighted by molar-refractivity contribution is 5.92. The van der Waals surface area contributed by atoms with Gasteiger partial charge in [0.1, 0.15) is 0 Å². The van der Waals surface area contributed by atoms with E-state index in [1.807, 2.05) is 20.9 Å². The Bertz CT molecular complexity index is 589. The van der Waals surface area contributed by atoms with E-state index in [1.54, 1.807) is 10.8 Å². The van der Waals surface area contributed by atoms with Gasteiger partial charge in [0.25, 0.3) is 0 Å². The summed E-state index contributed by atoms with van der Waals surface area (Å²) in [6.45, 7) is 3.85. The summed E-state index contributed by atoms with van der Waals surface area (Å²) in [5.74, 6) is -1.29. The van der Waals surface area contributed by atoms with E-state index in [2.05, 4.69) is 10.4 Å². The van der Waals surface area contributed by atoms with Crippen molar-refractivity contribution in [2.75, 3.05) is 0 Å². The number of hydrogen-bond acceptors (Lipinski definition) is 3. The van der Waals surface area contributed by atoms with Crippen molar-refractivity contribution in [1.82, 2.24) is 15.1 Å². The Morgan fingerprint density at radius 1 is 1.38 bits per heavy atom. The molecule has 114 valence electrons. The molecule has 0 radical (unpaired) electrons. The molecule has 2 atom stereocenters. The van der Waals surface area contributed by atoms with Crippen molar-refractivity contribution in [3.8, 4) is 0 Å². The predicted molar refractivity (Wildman–Crippen MR) is 78.6 cm³/mol. The summed E-state index contributed by atoms with van der Waals surface area (Å²) in [4.78, 5) is 22.8. The van der Waals surface area contributed by atoms with Crippen LogP contribution in [0.5, 0.6) is 0 Å². The van der Waals surface area contributed by atoms with Gasteiger partial charge in [-0.3, -0.25) is 14.3 Å². The van der Waals surface area contributed by atoms with Crippen molar-refractivity contribution in [2.24, 2.45) is 13.0 Å². The Balaban J connectivity index is 1.93. The van der Waals surface area contributed by atoms with E-state index < -0.39 is 5.97 Å². The van der Waals surface area contributed by atoms with Crippen molar-refractivity contribution < 1.29 is 14.7 Å². The number of nitrogens with zero attached hydrogens (tertiary/aromatic N) is 2. The zero-order chi connectivity index (χ0) is 15.6. The lowest BCUT2D eigenvalue weighted by Crippen LogP contribution is -2.31. The number of rotatable bonds is 4. The number of hydrogen-bond donors (Lipinski definition) is 2. The standard InChI is InChI=1S/C15H21N3O3/c1-9-13(10(2)18(3)17-9)6-7-14(19)16-12-5-4-11(8-12)15(20)21/h6-7,11-12H,4-5,8H2,1-3H3,(H,16,19)(H,20,21). The summed E-state index contributed by atoms with van der Waals surface area (Å²) >= 11 is 0. The number of carbonyl (C=O) groups excluding carboxylic acids is 1. The van der Waals surface area contributed by atoms with Crippen LogP contribution >= 0.6 is 0 Å². The molecule has 1 fully saturated rings. The number of aromatic nitrogens is 2. The average Bonchev–Trinajstić information content (AvgIpc) is 2.95. The summed E-state index contributed by atoms with van der Waals surface area (Å²) in [7, 11) is 1.87. The van der Waals surface area contributed by atoms with Crippen LogP contribution in [0.3, 0.4) is 0 Å². The fraction of sp³-hybridized carbons (Fsp3) is 0.533. The lowest BCUT2D eigenvalue weighted by Gasteiger charge is -2.10. The Kier molecular flexibility index (Phi) is 4.45. The van der Waals surface area contributed by atoms with Crippen LogP contribution in [-0.2, 0) is 16.6 Å². The number of nitrogens with one attached hydrogen (secondary N) is 1. The van der Waals surface area contributed by atoms with E-state index in [-0.39, 0.29) is 17.9 Å². The van der Waals surface area contributed by atoms with Crippen LogP contribution in [-0.4, -0.2) is 32.8 Å². The molecule has 6 nitrogen and oxygen atoms in total. The molecule has 1 aliphatic rings. The van der Waals surface area contributed by atoms with Crippen LogP contribution in [0.25, 0.3) is 6.08 Å². The first-order valence-electron chi connectivity index (χ1n) is 7.10. The molecule has 2 rings (SSSR count). The van der Waals surface area contributed by atoms with Crippen molar-refractivity contribution in [1.29, 1.82) is 0 Å². The van der Waals surface area contributed by atoms with Crippen LogP contribution < -0.4 is 5.32 Å². The van der Waals surface area contributed by atoms with Crippen LogP contribution in [0.4, 0.5) is 0 Å². The normalized spacial score (nSPS) is 21.9. The maximum Gasteiger partial charge on any atom is 0.306 e. The monoisotopic (exact) mass is 291 g/mol. The molecule has 1 aliphatic carbocycles. The largest absolute Gasteiger partial charge is 0.481 e. The molecular weight excluding hydrogens is 270 g/mol. The van der Waals surface area contributed by atoms with Gasteiger partial charge >= 0.3 is 5.97 Å². The number of carboxylic acid groups (broad SMARTS) is 1. The molecule has 1 aromatic heterocycles. The molecule has 0 bridgehead atoms. The van der Waals surface area contributed by atoms with Gasteiger partial charge in [0.05, 0.1) is 11.6 Å². The minimum absolute atomic E-state index is 0.0423. The van der Waals surface area contributed by atoms with Gasteiger partial charge in [-0.2, -0.15) is 5.10 Å². The Morgan fingerprint density at radius 2 is 2.10 bits per heavy atom. The number of carboxylic acids is 1. The highest BCUT2D eigenvalue weighted by Gasteiger charge is 2.30. The predicted octanol–water partition coefficient (Wildman–Crippen LogP) is 1.42. The number of aliphatic carboxylic acids is 1. The van der Waals surface area contributed by atoms with E-state index in [4.69, 9.17) is 5.11 Å². The van der Waals surface area contributed by atoms with Gasteiger partial charge in [-0.15, -0.1) is 0 Å². The van der Waals surface area contributed by atoms with Gasteiger partial charge in [0.15, 0.2) is 0 Å². The molecule has 0 aliphatic heterocycles. The second-order valence-corrected chi connectivity index (χ2v) is 5.60. The molecule has 21 heavy (non-hydrogen) atoms. The first-order chi connectivity index (χ1) is 9.88. The van der Waals surface area contributed by atoms with Gasteiger partial charge in [-0.25, -0.2) is 0 Å². The fourth-order valence-corrected chi connectivity index (χ4v) is 2.78. The molecule has 2 N–H and O–H groups in total. The minimum atomic E-state index is -0.774. The minimum Gasteiger partial charge on any atom is -0.481 e. The molecule has 1 amide bonds. The summed E-state index contributed by atoms with van der Waals surface area (Å²) in [5, 5.41) is 16.1. The summed E-state index contributed by atoms with van der Waals surface area (Å²) in [6, 6.07) is -0.0423. The first-order valence-corrected chi connectivity index (χ1v) is 7.10. The highest BCUT2D eigenvalue weighted by atomic mass is 16.4. The Morgan fingerprint density at radius 3 is 2.62 bits per heavy atom. The number of amides is 1. The SMILES string of the molecule is Cc1nn(C)c(C)c1C=CC(=O)NC1CCC(C(=O)O)C1. The average molecular weight is 291 g/mol. The van der Waals surface area contributed by atoms with Crippen LogP contribution in [0, 0.1) is 19.8 Å². The zero-order valence-electron chi connectivity index (χ0n) is 12.6. The van der Waals surface area contributed by atoms with Gasteiger partial charge < -0.3 is 10.4 Å². The lowest BCUT2D eigenvalue weighted by molar-refractivity contribution is -0.141. The molecule has 1 saturated carbocycles. The quantitative estimate of drug-likeness (QED) is 0.822. The molecule has 2 unspecified atom stereocenters. The van der Waals surface area contributed by atoms with Crippen molar-refractivity contribution >= 4 is 18.0 Å². The Hall–Kier alpha value is -2.11. The molecular formula is C15H21N3O3. The number of carbonyl (C=O) groups is 2. The van der Waals surface area contributed by atoms with E-state index in [0.29, 0.717) is 12.8 Å². The van der Waals surface area contributed by atoms with E-state index in [1.165, 1.54) is 6.08 Å².